The molecule has 7 atom stereocenters. The molecule has 0 aromatic rings. The normalized spacial score (nSPS) is 48.0. The summed E-state index contributed by atoms with van der Waals surface area (Å²) < 4.78 is 14.1. The molecule has 0 aromatic heterocycles. The first-order chi connectivity index (χ1) is 9.48. The number of cyclic esters (lactones) is 1. The van der Waals surface area contributed by atoms with Gasteiger partial charge in [-0.2, -0.15) is 0 Å². The first kappa shape index (κ1) is 14.0. The van der Waals surface area contributed by atoms with E-state index in [2.05, 4.69) is 26.1 Å². The van der Waals surface area contributed by atoms with Crippen LogP contribution in [-0.2, 0) is 19.1 Å². The summed E-state index contributed by atoms with van der Waals surface area (Å²) >= 11 is 2.18. The van der Waals surface area contributed by atoms with Gasteiger partial charge in [-0.05, 0) is 0 Å². The van der Waals surface area contributed by atoms with E-state index in [1.807, 2.05) is 6.92 Å². The molecule has 0 amide bonds. The van der Waals surface area contributed by atoms with Crippen molar-refractivity contribution in [3.63, 3.8) is 0 Å². The number of rotatable bonds is 3. The number of ether oxygens (including phenoxy) is 2. The van der Waals surface area contributed by atoms with Gasteiger partial charge >= 0.3 is 142 Å². The summed E-state index contributed by atoms with van der Waals surface area (Å²) in [6.45, 7) is 2.52. The van der Waals surface area contributed by atoms with Crippen molar-refractivity contribution in [3.8, 4) is 0 Å². The molecule has 2 heterocycles. The number of alkyl halides is 2. The molecule has 5 nitrogen and oxygen atoms in total. The van der Waals surface area contributed by atoms with E-state index in [1.165, 1.54) is 0 Å². The minimum atomic E-state index is -0.456. The molecule has 20 heavy (non-hydrogen) atoms. The fourth-order valence-corrected chi connectivity index (χ4v) is 7.31. The SMILES string of the molecule is CC(I)(C(=O)OC1CC2CC1C1C(=O)OCC21)C1N[I-]1. The van der Waals surface area contributed by atoms with Gasteiger partial charge in [0, 0.05) is 0 Å². The molecule has 1 N–H and O–H groups in total. The van der Waals surface area contributed by atoms with Gasteiger partial charge in [0.15, 0.2) is 0 Å². The van der Waals surface area contributed by atoms with Crippen molar-refractivity contribution in [1.82, 2.24) is 3.53 Å². The van der Waals surface area contributed by atoms with Crippen LogP contribution in [0, 0.1) is 23.7 Å². The summed E-state index contributed by atoms with van der Waals surface area (Å²) in [4.78, 5) is 24.2. The molecule has 2 aliphatic carbocycles. The Morgan fingerprint density at radius 3 is 2.95 bits per heavy atom. The van der Waals surface area contributed by atoms with E-state index >= 15 is 0 Å². The number of hydrogen-bond donors (Lipinski definition) is 1. The second-order valence-electron chi connectivity index (χ2n) is 6.32. The fourth-order valence-electron chi connectivity index (χ4n) is 4.00. The summed E-state index contributed by atoms with van der Waals surface area (Å²) in [5, 5.41) is 0. The standard InChI is InChI=1S/C13H16I2NO4/c1-13(14,11-15-16-11)12(18)20-8-3-5-2-6(8)9-7(5)4-19-10(9)17/h5-9,11,16H,2-4H2,1H3/q-1. The molecule has 4 rings (SSSR count). The molecule has 7 unspecified atom stereocenters. The molecular formula is C13H16I2NO4-. The molecule has 112 valence electrons. The van der Waals surface area contributed by atoms with Gasteiger partial charge in [0.05, 0.1) is 0 Å². The van der Waals surface area contributed by atoms with Crippen molar-refractivity contribution in [2.75, 3.05) is 6.61 Å². The number of fused-ring (bicyclic) bond motifs is 5. The van der Waals surface area contributed by atoms with Gasteiger partial charge in [0.1, 0.15) is 0 Å². The fraction of sp³-hybridized carbons (Fsp3) is 0.846. The van der Waals surface area contributed by atoms with E-state index in [0.29, 0.717) is 22.5 Å². The average Bonchev–Trinajstić information content (AvgIpc) is 2.97. The summed E-state index contributed by atoms with van der Waals surface area (Å²) in [5.74, 6) is 0.866. The van der Waals surface area contributed by atoms with Crippen molar-refractivity contribution >= 4 is 34.5 Å². The summed E-state index contributed by atoms with van der Waals surface area (Å²) in [5.41, 5.74) is 0. The Kier molecular flexibility index (Phi) is 3.27. The number of carbonyl (C=O) groups is 2. The maximum absolute atomic E-state index is 12.4. The second kappa shape index (κ2) is 4.68. The van der Waals surface area contributed by atoms with Crippen molar-refractivity contribution in [2.24, 2.45) is 23.7 Å². The average molecular weight is 504 g/mol. The Hall–Kier alpha value is 0.360. The number of nitrogens with one attached hydrogen (secondary N) is 1. The first-order valence-corrected chi connectivity index (χ1v) is 10.3. The molecule has 0 spiro atoms. The van der Waals surface area contributed by atoms with Gasteiger partial charge < -0.3 is 0 Å². The van der Waals surface area contributed by atoms with Crippen molar-refractivity contribution in [1.29, 1.82) is 0 Å². The quantitative estimate of drug-likeness (QED) is 0.119. The van der Waals surface area contributed by atoms with Crippen LogP contribution in [0.5, 0.6) is 0 Å². The predicted molar refractivity (Wildman–Crippen MR) is 73.4 cm³/mol. The Balaban J connectivity index is 1.46. The molecule has 4 aliphatic rings. The predicted octanol–water partition coefficient (Wildman–Crippen LogP) is -2.15. The molecule has 2 saturated carbocycles. The van der Waals surface area contributed by atoms with Crippen LogP contribution in [0.25, 0.3) is 0 Å². The van der Waals surface area contributed by atoms with Crippen LogP contribution >= 0.6 is 22.6 Å². The third-order valence-electron chi connectivity index (χ3n) is 5.16. The third kappa shape index (κ3) is 2.02. The van der Waals surface area contributed by atoms with E-state index in [1.54, 1.807) is 0 Å². The summed E-state index contributed by atoms with van der Waals surface area (Å²) in [7, 11) is 0. The van der Waals surface area contributed by atoms with Gasteiger partial charge in [-0.15, -0.1) is 0 Å². The molecule has 0 aromatic carbocycles. The van der Waals surface area contributed by atoms with E-state index in [4.69, 9.17) is 9.47 Å². The number of esters is 2. The molecule has 0 radical (unpaired) electrons. The van der Waals surface area contributed by atoms with Crippen LogP contribution in [0.4, 0.5) is 0 Å². The Labute approximate surface area is 141 Å². The van der Waals surface area contributed by atoms with Gasteiger partial charge in [-0.1, -0.05) is 0 Å². The zero-order chi connectivity index (χ0) is 14.1. The van der Waals surface area contributed by atoms with E-state index < -0.39 is 3.42 Å². The van der Waals surface area contributed by atoms with Crippen molar-refractivity contribution in [2.45, 2.75) is 33.3 Å². The molecular weight excluding hydrogens is 488 g/mol. The van der Waals surface area contributed by atoms with Crippen molar-refractivity contribution < 1.29 is 40.5 Å². The Morgan fingerprint density at radius 1 is 1.50 bits per heavy atom. The third-order valence-corrected chi connectivity index (χ3v) is 9.90. The minimum absolute atomic E-state index is 0.0153. The molecule has 4 fully saturated rings. The van der Waals surface area contributed by atoms with E-state index in [9.17, 15) is 9.59 Å². The molecule has 2 bridgehead atoms. The van der Waals surface area contributed by atoms with E-state index in [-0.39, 0.29) is 51.4 Å². The van der Waals surface area contributed by atoms with Crippen LogP contribution in [0.15, 0.2) is 0 Å². The number of hydrogen-bond acceptors (Lipinski definition) is 5. The van der Waals surface area contributed by atoms with Crippen LogP contribution < -0.4 is 25.0 Å². The first-order valence-electron chi connectivity index (χ1n) is 6.93. The second-order valence-corrected chi connectivity index (χ2v) is 11.0. The monoisotopic (exact) mass is 504 g/mol. The zero-order valence-corrected chi connectivity index (χ0v) is 15.3. The zero-order valence-electron chi connectivity index (χ0n) is 11.0. The maximum atomic E-state index is 12.4. The van der Waals surface area contributed by atoms with Gasteiger partial charge in [0.2, 0.25) is 0 Å². The van der Waals surface area contributed by atoms with E-state index in [0.717, 1.165) is 12.8 Å². The number of carbonyl (C=O) groups excluding carboxylic acids is 2. The topological polar surface area (TPSA) is 74.5 Å². The Morgan fingerprint density at radius 2 is 2.25 bits per heavy atom. The van der Waals surface area contributed by atoms with Crippen molar-refractivity contribution in [3.05, 3.63) is 0 Å². The molecule has 2 aliphatic heterocycles. The van der Waals surface area contributed by atoms with Crippen LogP contribution in [-0.4, -0.2) is 32.1 Å². The van der Waals surface area contributed by atoms with Crippen LogP contribution in [0.1, 0.15) is 19.8 Å². The summed E-state index contributed by atoms with van der Waals surface area (Å²) in [6.07, 6.45) is 1.86. The molecule has 7 heteroatoms. The summed E-state index contributed by atoms with van der Waals surface area (Å²) in [6, 6.07) is 0. The van der Waals surface area contributed by atoms with Gasteiger partial charge in [-0.3, -0.25) is 0 Å². The van der Waals surface area contributed by atoms with Gasteiger partial charge in [-0.25, -0.2) is 0 Å². The number of halogens is 2. The van der Waals surface area contributed by atoms with Crippen LogP contribution in [0.2, 0.25) is 0 Å². The Bertz CT molecular complexity index is 479. The van der Waals surface area contributed by atoms with Crippen LogP contribution in [0.3, 0.4) is 0 Å². The van der Waals surface area contributed by atoms with Gasteiger partial charge in [0.25, 0.3) is 0 Å². The molecule has 2 saturated heterocycles.